The van der Waals surface area contributed by atoms with Crippen LogP contribution in [-0.4, -0.2) is 25.2 Å². The quantitative estimate of drug-likeness (QED) is 0.853. The number of hydrogen-bond acceptors (Lipinski definition) is 5. The van der Waals surface area contributed by atoms with Gasteiger partial charge in [-0.15, -0.1) is 11.3 Å². The molecule has 1 aromatic carbocycles. The number of sulfone groups is 1. The molecule has 112 valence electrons. The average molecular weight is 325 g/mol. The predicted molar refractivity (Wildman–Crippen MR) is 82.5 cm³/mol. The third-order valence-electron chi connectivity index (χ3n) is 2.98. The summed E-state index contributed by atoms with van der Waals surface area (Å²) in [5, 5.41) is 14.0. The standard InChI is InChI=1S/C14H15NO4S2/c1-2-21(18,19)11-7-5-10(6-8-11)15-13(14(16)17)12-4-3-9-20-12/h3-9,13,15H,2H2,1H3,(H,16,17). The molecule has 0 saturated heterocycles. The number of aliphatic carboxylic acids is 1. The molecule has 2 rings (SSSR count). The Hall–Kier alpha value is -1.86. The van der Waals surface area contributed by atoms with E-state index in [1.54, 1.807) is 31.2 Å². The molecular formula is C14H15NO4S2. The molecule has 2 N–H and O–H groups in total. The first-order valence-corrected chi connectivity index (χ1v) is 8.83. The summed E-state index contributed by atoms with van der Waals surface area (Å²) in [4.78, 5) is 12.2. The molecule has 7 heteroatoms. The van der Waals surface area contributed by atoms with Crippen LogP contribution in [0.3, 0.4) is 0 Å². The Balaban J connectivity index is 2.21. The molecule has 2 aromatic rings. The summed E-state index contributed by atoms with van der Waals surface area (Å²) < 4.78 is 23.4. The van der Waals surface area contributed by atoms with E-state index >= 15 is 0 Å². The topological polar surface area (TPSA) is 83.5 Å². The minimum Gasteiger partial charge on any atom is -0.479 e. The second kappa shape index (κ2) is 6.28. The third-order valence-corrected chi connectivity index (χ3v) is 5.67. The van der Waals surface area contributed by atoms with Gasteiger partial charge in [0.2, 0.25) is 0 Å². The number of nitrogens with one attached hydrogen (secondary N) is 1. The molecule has 1 unspecified atom stereocenters. The fourth-order valence-electron chi connectivity index (χ4n) is 1.80. The highest BCUT2D eigenvalue weighted by Crippen LogP contribution is 2.24. The van der Waals surface area contributed by atoms with Gasteiger partial charge in [0.05, 0.1) is 10.6 Å². The van der Waals surface area contributed by atoms with Gasteiger partial charge in [0, 0.05) is 10.6 Å². The van der Waals surface area contributed by atoms with Crippen LogP contribution in [0.4, 0.5) is 5.69 Å². The Morgan fingerprint density at radius 3 is 2.43 bits per heavy atom. The molecular weight excluding hydrogens is 310 g/mol. The average Bonchev–Trinajstić information content (AvgIpc) is 2.98. The maximum absolute atomic E-state index is 11.7. The lowest BCUT2D eigenvalue weighted by Crippen LogP contribution is -2.19. The zero-order chi connectivity index (χ0) is 15.5. The van der Waals surface area contributed by atoms with Crippen molar-refractivity contribution in [2.45, 2.75) is 17.9 Å². The molecule has 5 nitrogen and oxygen atoms in total. The normalized spacial score (nSPS) is 12.8. The number of hydrogen-bond donors (Lipinski definition) is 2. The highest BCUT2D eigenvalue weighted by molar-refractivity contribution is 7.91. The summed E-state index contributed by atoms with van der Waals surface area (Å²) in [6, 6.07) is 8.79. The maximum atomic E-state index is 11.7. The summed E-state index contributed by atoms with van der Waals surface area (Å²) in [5.74, 6) is -0.949. The van der Waals surface area contributed by atoms with Gasteiger partial charge < -0.3 is 10.4 Å². The van der Waals surface area contributed by atoms with E-state index in [0.717, 1.165) is 0 Å². The van der Waals surface area contributed by atoms with Gasteiger partial charge in [0.25, 0.3) is 0 Å². The highest BCUT2D eigenvalue weighted by atomic mass is 32.2. The number of thiophene rings is 1. The Morgan fingerprint density at radius 2 is 1.95 bits per heavy atom. The number of carbonyl (C=O) groups is 1. The van der Waals surface area contributed by atoms with Crippen molar-refractivity contribution in [1.29, 1.82) is 0 Å². The third kappa shape index (κ3) is 3.62. The van der Waals surface area contributed by atoms with Crippen LogP contribution < -0.4 is 5.32 Å². The molecule has 1 atom stereocenters. The predicted octanol–water partition coefficient (Wildman–Crippen LogP) is 2.78. The number of carboxylic acid groups (broad SMARTS) is 1. The van der Waals surface area contributed by atoms with Crippen molar-refractivity contribution in [3.63, 3.8) is 0 Å². The van der Waals surface area contributed by atoms with E-state index in [9.17, 15) is 18.3 Å². The summed E-state index contributed by atoms with van der Waals surface area (Å²) in [6.45, 7) is 1.58. The van der Waals surface area contributed by atoms with Gasteiger partial charge in [-0.1, -0.05) is 13.0 Å². The Labute approximate surface area is 127 Å². The van der Waals surface area contributed by atoms with Crippen LogP contribution in [0.2, 0.25) is 0 Å². The molecule has 1 aromatic heterocycles. The number of rotatable bonds is 6. The van der Waals surface area contributed by atoms with Crippen molar-refractivity contribution in [2.75, 3.05) is 11.1 Å². The van der Waals surface area contributed by atoms with Crippen LogP contribution in [0.1, 0.15) is 17.8 Å². The van der Waals surface area contributed by atoms with Crippen molar-refractivity contribution in [3.8, 4) is 0 Å². The fourth-order valence-corrected chi connectivity index (χ4v) is 3.45. The minimum absolute atomic E-state index is 0.0344. The summed E-state index contributed by atoms with van der Waals surface area (Å²) in [7, 11) is -3.25. The first-order chi connectivity index (χ1) is 9.94. The lowest BCUT2D eigenvalue weighted by molar-refractivity contribution is -0.138. The van der Waals surface area contributed by atoms with E-state index in [1.165, 1.54) is 23.5 Å². The minimum atomic E-state index is -3.25. The van der Waals surface area contributed by atoms with Gasteiger partial charge in [-0.3, -0.25) is 0 Å². The molecule has 0 saturated carbocycles. The summed E-state index contributed by atoms with van der Waals surface area (Å²) >= 11 is 1.35. The van der Waals surface area contributed by atoms with Crippen LogP contribution in [0, 0.1) is 0 Å². The second-order valence-corrected chi connectivity index (χ2v) is 7.62. The zero-order valence-corrected chi connectivity index (χ0v) is 12.9. The molecule has 0 spiro atoms. The SMILES string of the molecule is CCS(=O)(=O)c1ccc(NC(C(=O)O)c2cccs2)cc1. The van der Waals surface area contributed by atoms with Crippen LogP contribution in [0.25, 0.3) is 0 Å². The molecule has 0 bridgehead atoms. The van der Waals surface area contributed by atoms with Gasteiger partial charge in [-0.2, -0.15) is 0 Å². The van der Waals surface area contributed by atoms with Crippen molar-refractivity contribution in [3.05, 3.63) is 46.7 Å². The monoisotopic (exact) mass is 325 g/mol. The van der Waals surface area contributed by atoms with E-state index in [2.05, 4.69) is 5.32 Å². The molecule has 0 amide bonds. The highest BCUT2D eigenvalue weighted by Gasteiger charge is 2.20. The maximum Gasteiger partial charge on any atom is 0.331 e. The number of anilines is 1. The Morgan fingerprint density at radius 1 is 1.29 bits per heavy atom. The van der Waals surface area contributed by atoms with Gasteiger partial charge >= 0.3 is 5.97 Å². The van der Waals surface area contributed by atoms with E-state index < -0.39 is 21.8 Å². The first kappa shape index (κ1) is 15.5. The van der Waals surface area contributed by atoms with Crippen LogP contribution in [0.15, 0.2) is 46.7 Å². The van der Waals surface area contributed by atoms with Gasteiger partial charge in [0.1, 0.15) is 0 Å². The van der Waals surface area contributed by atoms with Crippen molar-refractivity contribution in [2.24, 2.45) is 0 Å². The molecule has 0 aliphatic rings. The lowest BCUT2D eigenvalue weighted by Gasteiger charge is -2.14. The second-order valence-electron chi connectivity index (χ2n) is 4.36. The van der Waals surface area contributed by atoms with E-state index in [0.29, 0.717) is 10.6 Å². The molecule has 1 heterocycles. The Kier molecular flexibility index (Phi) is 4.64. The van der Waals surface area contributed by atoms with Crippen molar-refractivity contribution < 1.29 is 18.3 Å². The van der Waals surface area contributed by atoms with Gasteiger partial charge in [0.15, 0.2) is 15.9 Å². The fraction of sp³-hybridized carbons (Fsp3) is 0.214. The van der Waals surface area contributed by atoms with Crippen LogP contribution in [0.5, 0.6) is 0 Å². The molecule has 0 aliphatic carbocycles. The van der Waals surface area contributed by atoms with Gasteiger partial charge in [-0.05, 0) is 35.7 Å². The molecule has 21 heavy (non-hydrogen) atoms. The lowest BCUT2D eigenvalue weighted by atomic mass is 10.2. The summed E-state index contributed by atoms with van der Waals surface area (Å²) in [6.07, 6.45) is 0. The van der Waals surface area contributed by atoms with E-state index in [1.807, 2.05) is 5.38 Å². The Bertz CT molecular complexity index is 706. The van der Waals surface area contributed by atoms with Crippen molar-refractivity contribution >= 4 is 32.8 Å². The smallest absolute Gasteiger partial charge is 0.331 e. The zero-order valence-electron chi connectivity index (χ0n) is 11.3. The van der Waals surface area contributed by atoms with Crippen molar-refractivity contribution in [1.82, 2.24) is 0 Å². The largest absolute Gasteiger partial charge is 0.479 e. The molecule has 0 radical (unpaired) electrons. The number of carboxylic acids is 1. The molecule has 0 aliphatic heterocycles. The number of benzene rings is 1. The summed E-state index contributed by atoms with van der Waals surface area (Å²) in [5.41, 5.74) is 0.561. The van der Waals surface area contributed by atoms with E-state index in [4.69, 9.17) is 0 Å². The van der Waals surface area contributed by atoms with Crippen LogP contribution in [-0.2, 0) is 14.6 Å². The van der Waals surface area contributed by atoms with E-state index in [-0.39, 0.29) is 10.6 Å². The molecule has 0 fully saturated rings. The first-order valence-electron chi connectivity index (χ1n) is 6.29. The van der Waals surface area contributed by atoms with Crippen LogP contribution >= 0.6 is 11.3 Å². The van der Waals surface area contributed by atoms with Gasteiger partial charge in [-0.25, -0.2) is 13.2 Å².